The summed E-state index contributed by atoms with van der Waals surface area (Å²) in [5, 5.41) is 5.96. The van der Waals surface area contributed by atoms with Crippen LogP contribution in [0, 0.1) is 0 Å². The Morgan fingerprint density at radius 2 is 1.57 bits per heavy atom. The molecule has 0 aliphatic carbocycles. The molecule has 0 aromatic heterocycles. The molecular weight excluding hydrogens is 352 g/mol. The van der Waals surface area contributed by atoms with Crippen LogP contribution in [0.1, 0.15) is 5.56 Å². The predicted octanol–water partition coefficient (Wildman–Crippen LogP) is 4.37. The van der Waals surface area contributed by atoms with Crippen LogP contribution in [0.25, 0.3) is 0 Å². The van der Waals surface area contributed by atoms with E-state index in [1.807, 2.05) is 66.7 Å². The van der Waals surface area contributed by atoms with Crippen LogP contribution >= 0.6 is 0 Å². The Balaban J connectivity index is 1.47. The molecule has 0 aliphatic rings. The van der Waals surface area contributed by atoms with E-state index in [0.29, 0.717) is 12.3 Å². The number of amides is 1. The third-order valence-electron chi connectivity index (χ3n) is 4.14. The van der Waals surface area contributed by atoms with E-state index in [9.17, 15) is 4.79 Å². The molecule has 0 saturated carbocycles. The molecule has 1 amide bonds. The summed E-state index contributed by atoms with van der Waals surface area (Å²) in [5.41, 5.74) is 2.76. The average molecular weight is 376 g/mol. The summed E-state index contributed by atoms with van der Waals surface area (Å²) in [5.74, 6) is 1.34. The Kier molecular flexibility index (Phi) is 6.90. The lowest BCUT2D eigenvalue weighted by molar-refractivity contribution is -0.114. The van der Waals surface area contributed by atoms with Crippen molar-refractivity contribution in [1.29, 1.82) is 0 Å². The van der Waals surface area contributed by atoms with Gasteiger partial charge in [0.2, 0.25) is 5.91 Å². The first-order chi connectivity index (χ1) is 13.7. The number of nitrogens with one attached hydrogen (secondary N) is 2. The summed E-state index contributed by atoms with van der Waals surface area (Å²) in [7, 11) is 1.61. The molecule has 0 fully saturated rings. The molecule has 0 heterocycles. The largest absolute Gasteiger partial charge is 0.497 e. The van der Waals surface area contributed by atoms with Crippen molar-refractivity contribution in [2.24, 2.45) is 0 Å². The Morgan fingerprint density at radius 3 is 2.36 bits per heavy atom. The third-order valence-corrected chi connectivity index (χ3v) is 4.14. The SMILES string of the molecule is COc1cccc(NCC(=O)Nc2cccc(OCCc3ccccc3)c2)c1. The molecule has 0 unspecified atom stereocenters. The molecule has 2 N–H and O–H groups in total. The molecule has 28 heavy (non-hydrogen) atoms. The van der Waals surface area contributed by atoms with Gasteiger partial charge < -0.3 is 20.1 Å². The van der Waals surface area contributed by atoms with Crippen molar-refractivity contribution in [2.75, 3.05) is 30.9 Å². The van der Waals surface area contributed by atoms with Crippen molar-refractivity contribution in [3.63, 3.8) is 0 Å². The number of hydrogen-bond acceptors (Lipinski definition) is 4. The van der Waals surface area contributed by atoms with E-state index in [2.05, 4.69) is 22.8 Å². The molecule has 0 spiro atoms. The minimum atomic E-state index is -0.135. The Morgan fingerprint density at radius 1 is 0.857 bits per heavy atom. The molecule has 0 saturated heterocycles. The lowest BCUT2D eigenvalue weighted by Gasteiger charge is -2.11. The summed E-state index contributed by atoms with van der Waals surface area (Å²) in [6.07, 6.45) is 0.835. The van der Waals surface area contributed by atoms with Gasteiger partial charge in [-0.3, -0.25) is 4.79 Å². The van der Waals surface area contributed by atoms with Crippen molar-refractivity contribution in [1.82, 2.24) is 0 Å². The molecule has 0 radical (unpaired) electrons. The fourth-order valence-electron chi connectivity index (χ4n) is 2.72. The highest BCUT2D eigenvalue weighted by molar-refractivity contribution is 5.93. The van der Waals surface area contributed by atoms with Crippen LogP contribution < -0.4 is 20.1 Å². The van der Waals surface area contributed by atoms with E-state index in [-0.39, 0.29) is 12.5 Å². The predicted molar refractivity (Wildman–Crippen MR) is 112 cm³/mol. The van der Waals surface area contributed by atoms with Crippen molar-refractivity contribution in [2.45, 2.75) is 6.42 Å². The fraction of sp³-hybridized carbons (Fsp3) is 0.174. The number of methoxy groups -OCH3 is 1. The van der Waals surface area contributed by atoms with Crippen molar-refractivity contribution < 1.29 is 14.3 Å². The number of rotatable bonds is 9. The average Bonchev–Trinajstić information content (AvgIpc) is 2.73. The van der Waals surface area contributed by atoms with Gasteiger partial charge in [-0.15, -0.1) is 0 Å². The van der Waals surface area contributed by atoms with Crippen molar-refractivity contribution >= 4 is 17.3 Å². The van der Waals surface area contributed by atoms with Crippen LogP contribution in [0.4, 0.5) is 11.4 Å². The molecule has 3 aromatic carbocycles. The maximum absolute atomic E-state index is 12.2. The Hall–Kier alpha value is -3.47. The summed E-state index contributed by atoms with van der Waals surface area (Å²) in [6, 6.07) is 25.1. The molecule has 3 aromatic rings. The molecule has 5 nitrogen and oxygen atoms in total. The van der Waals surface area contributed by atoms with Crippen LogP contribution in [0.5, 0.6) is 11.5 Å². The Labute approximate surface area is 165 Å². The maximum Gasteiger partial charge on any atom is 0.243 e. The van der Waals surface area contributed by atoms with Crippen LogP contribution in [-0.2, 0) is 11.2 Å². The highest BCUT2D eigenvalue weighted by Gasteiger charge is 2.04. The highest BCUT2D eigenvalue weighted by atomic mass is 16.5. The van der Waals surface area contributed by atoms with E-state index in [4.69, 9.17) is 9.47 Å². The van der Waals surface area contributed by atoms with E-state index in [0.717, 1.165) is 23.6 Å². The first kappa shape index (κ1) is 19.3. The van der Waals surface area contributed by atoms with Gasteiger partial charge in [-0.25, -0.2) is 0 Å². The Bertz CT molecular complexity index is 897. The lowest BCUT2D eigenvalue weighted by Crippen LogP contribution is -2.21. The second kappa shape index (κ2) is 10.0. The van der Waals surface area contributed by atoms with Crippen LogP contribution in [0.2, 0.25) is 0 Å². The molecule has 0 atom stereocenters. The normalized spacial score (nSPS) is 10.2. The first-order valence-corrected chi connectivity index (χ1v) is 9.17. The van der Waals surface area contributed by atoms with E-state index in [1.165, 1.54) is 5.56 Å². The maximum atomic E-state index is 12.2. The number of benzene rings is 3. The van der Waals surface area contributed by atoms with Gasteiger partial charge in [0.15, 0.2) is 0 Å². The fourth-order valence-corrected chi connectivity index (χ4v) is 2.72. The van der Waals surface area contributed by atoms with E-state index in [1.54, 1.807) is 7.11 Å². The number of carbonyl (C=O) groups is 1. The summed E-state index contributed by atoms with van der Waals surface area (Å²) in [4.78, 5) is 12.2. The zero-order chi connectivity index (χ0) is 19.6. The topological polar surface area (TPSA) is 59.6 Å². The molecule has 0 bridgehead atoms. The summed E-state index contributed by atoms with van der Waals surface area (Å²) in [6.45, 7) is 0.741. The molecule has 144 valence electrons. The summed E-state index contributed by atoms with van der Waals surface area (Å²) >= 11 is 0. The second-order valence-corrected chi connectivity index (χ2v) is 6.25. The quantitative estimate of drug-likeness (QED) is 0.582. The molecule has 3 rings (SSSR count). The van der Waals surface area contributed by atoms with Gasteiger partial charge in [0, 0.05) is 29.9 Å². The van der Waals surface area contributed by atoms with Gasteiger partial charge in [0.05, 0.1) is 20.3 Å². The van der Waals surface area contributed by atoms with Gasteiger partial charge in [-0.05, 0) is 29.8 Å². The van der Waals surface area contributed by atoms with Gasteiger partial charge in [-0.1, -0.05) is 42.5 Å². The van der Waals surface area contributed by atoms with Gasteiger partial charge in [0.25, 0.3) is 0 Å². The lowest BCUT2D eigenvalue weighted by atomic mass is 10.2. The minimum Gasteiger partial charge on any atom is -0.497 e. The van der Waals surface area contributed by atoms with Gasteiger partial charge in [0.1, 0.15) is 11.5 Å². The molecule has 0 aliphatic heterocycles. The first-order valence-electron chi connectivity index (χ1n) is 9.17. The van der Waals surface area contributed by atoms with E-state index >= 15 is 0 Å². The monoisotopic (exact) mass is 376 g/mol. The molecule has 5 heteroatoms. The number of carbonyl (C=O) groups excluding carboxylic acids is 1. The zero-order valence-corrected chi connectivity index (χ0v) is 15.9. The second-order valence-electron chi connectivity index (χ2n) is 6.25. The molecular formula is C23H24N2O3. The standard InChI is InChI=1S/C23H24N2O3/c1-27-21-11-5-9-19(15-21)24-17-23(26)25-20-10-6-12-22(16-20)28-14-13-18-7-3-2-4-8-18/h2-12,15-16,24H,13-14,17H2,1H3,(H,25,26). The smallest absolute Gasteiger partial charge is 0.243 e. The van der Waals surface area contributed by atoms with Gasteiger partial charge >= 0.3 is 0 Å². The number of anilines is 2. The van der Waals surface area contributed by atoms with Crippen molar-refractivity contribution in [3.8, 4) is 11.5 Å². The third kappa shape index (κ3) is 6.06. The highest BCUT2D eigenvalue weighted by Crippen LogP contribution is 2.19. The van der Waals surface area contributed by atoms with Crippen molar-refractivity contribution in [3.05, 3.63) is 84.4 Å². The van der Waals surface area contributed by atoms with Crippen LogP contribution in [0.3, 0.4) is 0 Å². The number of hydrogen-bond donors (Lipinski definition) is 2. The van der Waals surface area contributed by atoms with Crippen LogP contribution in [0.15, 0.2) is 78.9 Å². The van der Waals surface area contributed by atoms with E-state index < -0.39 is 0 Å². The minimum absolute atomic E-state index is 0.135. The zero-order valence-electron chi connectivity index (χ0n) is 15.9. The van der Waals surface area contributed by atoms with Gasteiger partial charge in [-0.2, -0.15) is 0 Å². The van der Waals surface area contributed by atoms with Crippen LogP contribution in [-0.4, -0.2) is 26.2 Å². The number of ether oxygens (including phenoxy) is 2. The summed E-state index contributed by atoms with van der Waals surface area (Å²) < 4.78 is 11.0.